The van der Waals surface area contributed by atoms with Crippen LogP contribution in [0.5, 0.6) is 11.5 Å². The average Bonchev–Trinajstić information content (AvgIpc) is 3.60. The number of hydrogen-bond acceptors (Lipinski definition) is 7. The molecule has 0 atom stereocenters. The van der Waals surface area contributed by atoms with Crippen LogP contribution in [-0.4, -0.2) is 41.0 Å². The largest absolute Gasteiger partial charge is 0.493 e. The number of methoxy groups -OCH3 is 2. The van der Waals surface area contributed by atoms with E-state index >= 15 is 0 Å². The van der Waals surface area contributed by atoms with E-state index in [9.17, 15) is 9.18 Å². The van der Waals surface area contributed by atoms with Gasteiger partial charge in [-0.2, -0.15) is 0 Å². The number of halogens is 1. The first-order chi connectivity index (χ1) is 17.5. The van der Waals surface area contributed by atoms with E-state index < -0.39 is 0 Å². The summed E-state index contributed by atoms with van der Waals surface area (Å²) in [6, 6.07) is 11.9. The number of aromatic nitrogens is 3. The van der Waals surface area contributed by atoms with Gasteiger partial charge >= 0.3 is 0 Å². The Morgan fingerprint density at radius 1 is 1.06 bits per heavy atom. The van der Waals surface area contributed by atoms with Crippen LogP contribution in [0, 0.1) is 12.7 Å². The minimum absolute atomic E-state index is 0.137. The Bertz CT molecular complexity index is 1540. The van der Waals surface area contributed by atoms with Crippen LogP contribution in [0.2, 0.25) is 0 Å². The van der Waals surface area contributed by atoms with Gasteiger partial charge in [0.25, 0.3) is 5.91 Å². The van der Waals surface area contributed by atoms with Gasteiger partial charge in [0.15, 0.2) is 16.5 Å². The molecule has 5 rings (SSSR count). The van der Waals surface area contributed by atoms with Gasteiger partial charge in [0.2, 0.25) is 0 Å². The molecule has 0 aliphatic heterocycles. The highest BCUT2D eigenvalue weighted by atomic mass is 32.1. The molecule has 0 saturated heterocycles. The number of benzene rings is 2. The molecule has 184 valence electrons. The second-order valence-corrected chi connectivity index (χ2v) is 9.86. The molecule has 1 N–H and O–H groups in total. The zero-order chi connectivity index (χ0) is 25.2. The topological polar surface area (TPSA) is 77.8 Å². The maximum absolute atomic E-state index is 13.2. The van der Waals surface area contributed by atoms with Gasteiger partial charge in [0, 0.05) is 41.4 Å². The molecule has 0 spiro atoms. The molecule has 0 unspecified atom stereocenters. The average molecular weight is 523 g/mol. The molecule has 1 amide bonds. The molecule has 7 nitrogen and oxygen atoms in total. The molecule has 5 aromatic rings. The SMILES string of the molecule is COc1ccc(-c2nc(CCNC(=O)c3sc4nc(-c5ccc(F)cc5)cn4c3C)cs2)cc1OC. The standard InChI is InChI=1S/C26H23FN4O3S2/c1-15-23(36-26-30-20(13-31(15)26)16-4-7-18(27)8-5-16)24(32)28-11-10-19-14-35-25(29-19)17-6-9-21(33-2)22(12-17)34-3/h4-9,12-14H,10-11H2,1-3H3,(H,28,32). The lowest BCUT2D eigenvalue weighted by Gasteiger charge is -2.08. The first-order valence-electron chi connectivity index (χ1n) is 11.2. The normalized spacial score (nSPS) is 11.1. The van der Waals surface area contributed by atoms with Crippen molar-refractivity contribution in [2.24, 2.45) is 0 Å². The highest BCUT2D eigenvalue weighted by molar-refractivity contribution is 7.19. The summed E-state index contributed by atoms with van der Waals surface area (Å²) in [5.41, 5.74) is 4.24. The number of amides is 1. The summed E-state index contributed by atoms with van der Waals surface area (Å²) < 4.78 is 25.8. The predicted octanol–water partition coefficient (Wildman–Crippen LogP) is 5.62. The first-order valence-corrected chi connectivity index (χ1v) is 12.9. The number of hydrogen-bond donors (Lipinski definition) is 1. The van der Waals surface area contributed by atoms with Gasteiger partial charge in [-0.15, -0.1) is 11.3 Å². The fourth-order valence-corrected chi connectivity index (χ4v) is 5.71. The fraction of sp³-hybridized carbons (Fsp3) is 0.192. The summed E-state index contributed by atoms with van der Waals surface area (Å²) in [7, 11) is 3.21. The zero-order valence-corrected chi connectivity index (χ0v) is 21.5. The van der Waals surface area contributed by atoms with E-state index in [0.29, 0.717) is 29.3 Å². The van der Waals surface area contributed by atoms with Crippen LogP contribution in [0.3, 0.4) is 0 Å². The third-order valence-electron chi connectivity index (χ3n) is 5.75. The molecular formula is C26H23FN4O3S2. The van der Waals surface area contributed by atoms with Crippen molar-refractivity contribution < 1.29 is 18.7 Å². The lowest BCUT2D eigenvalue weighted by Crippen LogP contribution is -2.25. The van der Waals surface area contributed by atoms with Crippen LogP contribution >= 0.6 is 22.7 Å². The van der Waals surface area contributed by atoms with E-state index in [1.165, 1.54) is 23.5 Å². The number of imidazole rings is 1. The van der Waals surface area contributed by atoms with E-state index in [2.05, 4.69) is 10.3 Å². The number of nitrogens with zero attached hydrogens (tertiary/aromatic N) is 3. The summed E-state index contributed by atoms with van der Waals surface area (Å²) in [4.78, 5) is 23.5. The molecule has 3 aromatic heterocycles. The van der Waals surface area contributed by atoms with Gasteiger partial charge < -0.3 is 14.8 Å². The van der Waals surface area contributed by atoms with Crippen LogP contribution in [0.4, 0.5) is 4.39 Å². The van der Waals surface area contributed by atoms with E-state index in [0.717, 1.165) is 38.2 Å². The van der Waals surface area contributed by atoms with Crippen molar-refractivity contribution in [3.05, 3.63) is 76.1 Å². The Hall–Kier alpha value is -3.76. The van der Waals surface area contributed by atoms with Crippen molar-refractivity contribution >= 4 is 33.5 Å². The minimum atomic E-state index is -0.287. The van der Waals surface area contributed by atoms with Gasteiger partial charge in [-0.25, -0.2) is 14.4 Å². The summed E-state index contributed by atoms with van der Waals surface area (Å²) >= 11 is 2.88. The Labute approximate surface area is 215 Å². The summed E-state index contributed by atoms with van der Waals surface area (Å²) in [6.45, 7) is 2.36. The molecule has 0 aliphatic carbocycles. The highest BCUT2D eigenvalue weighted by Crippen LogP contribution is 2.33. The van der Waals surface area contributed by atoms with Crippen molar-refractivity contribution in [1.29, 1.82) is 0 Å². The third kappa shape index (κ3) is 4.69. The highest BCUT2D eigenvalue weighted by Gasteiger charge is 2.18. The van der Waals surface area contributed by atoms with Crippen LogP contribution < -0.4 is 14.8 Å². The third-order valence-corrected chi connectivity index (χ3v) is 7.85. The number of carbonyl (C=O) groups excluding carboxylic acids is 1. The van der Waals surface area contributed by atoms with Crippen molar-refractivity contribution in [3.8, 4) is 33.3 Å². The summed E-state index contributed by atoms with van der Waals surface area (Å²) in [5.74, 6) is 0.900. The van der Waals surface area contributed by atoms with E-state index in [1.807, 2.05) is 41.1 Å². The molecule has 0 aliphatic rings. The smallest absolute Gasteiger partial charge is 0.263 e. The lowest BCUT2D eigenvalue weighted by molar-refractivity contribution is 0.0957. The van der Waals surface area contributed by atoms with Crippen LogP contribution in [0.1, 0.15) is 21.1 Å². The first kappa shape index (κ1) is 24.0. The van der Waals surface area contributed by atoms with Crippen molar-refractivity contribution in [3.63, 3.8) is 0 Å². The molecule has 2 aromatic carbocycles. The number of aryl methyl sites for hydroxylation is 1. The van der Waals surface area contributed by atoms with Crippen LogP contribution in [0.25, 0.3) is 26.8 Å². The van der Waals surface area contributed by atoms with Gasteiger partial charge in [-0.3, -0.25) is 9.20 Å². The monoisotopic (exact) mass is 522 g/mol. The van der Waals surface area contributed by atoms with Gasteiger partial charge in [-0.05, 0) is 49.4 Å². The van der Waals surface area contributed by atoms with E-state index in [4.69, 9.17) is 14.5 Å². The molecule has 3 heterocycles. The quantitative estimate of drug-likeness (QED) is 0.286. The number of nitrogens with one attached hydrogen (secondary N) is 1. The van der Waals surface area contributed by atoms with Gasteiger partial charge in [0.1, 0.15) is 15.7 Å². The molecule has 0 fully saturated rings. The Morgan fingerprint density at radius 3 is 2.53 bits per heavy atom. The summed E-state index contributed by atoms with van der Waals surface area (Å²) in [5, 5.41) is 5.87. The minimum Gasteiger partial charge on any atom is -0.493 e. The second kappa shape index (κ2) is 10.1. The maximum atomic E-state index is 13.2. The van der Waals surface area contributed by atoms with Gasteiger partial charge in [0.05, 0.1) is 25.6 Å². The second-order valence-electron chi connectivity index (χ2n) is 8.02. The Balaban J connectivity index is 1.22. The van der Waals surface area contributed by atoms with E-state index in [-0.39, 0.29) is 11.7 Å². The predicted molar refractivity (Wildman–Crippen MR) is 140 cm³/mol. The van der Waals surface area contributed by atoms with Crippen molar-refractivity contribution in [2.45, 2.75) is 13.3 Å². The molecular weight excluding hydrogens is 499 g/mol. The number of fused-ring (bicyclic) bond motifs is 1. The molecule has 0 radical (unpaired) electrons. The number of ether oxygens (including phenoxy) is 2. The molecule has 0 bridgehead atoms. The Kier molecular flexibility index (Phi) is 6.71. The zero-order valence-electron chi connectivity index (χ0n) is 19.9. The van der Waals surface area contributed by atoms with Crippen molar-refractivity contribution in [2.75, 3.05) is 20.8 Å². The Morgan fingerprint density at radius 2 is 1.81 bits per heavy atom. The lowest BCUT2D eigenvalue weighted by atomic mass is 10.2. The van der Waals surface area contributed by atoms with Crippen molar-refractivity contribution in [1.82, 2.24) is 19.7 Å². The molecule has 10 heteroatoms. The van der Waals surface area contributed by atoms with Crippen LogP contribution in [-0.2, 0) is 6.42 Å². The van der Waals surface area contributed by atoms with E-state index in [1.54, 1.807) is 37.7 Å². The number of rotatable bonds is 8. The fourth-order valence-electron chi connectivity index (χ4n) is 3.83. The summed E-state index contributed by atoms with van der Waals surface area (Å²) in [6.07, 6.45) is 2.49. The van der Waals surface area contributed by atoms with Crippen LogP contribution in [0.15, 0.2) is 54.0 Å². The molecule has 36 heavy (non-hydrogen) atoms. The maximum Gasteiger partial charge on any atom is 0.263 e. The number of thiazole rings is 2. The van der Waals surface area contributed by atoms with Gasteiger partial charge in [-0.1, -0.05) is 11.3 Å². The number of carbonyl (C=O) groups is 1. The molecule has 0 saturated carbocycles.